The van der Waals surface area contributed by atoms with Crippen LogP contribution in [-0.2, 0) is 4.79 Å². The third-order valence-corrected chi connectivity index (χ3v) is 7.10. The molecule has 178 valence electrons. The van der Waals surface area contributed by atoms with Crippen molar-refractivity contribution in [1.29, 1.82) is 5.41 Å². The van der Waals surface area contributed by atoms with E-state index in [2.05, 4.69) is 17.0 Å². The Bertz CT molecular complexity index is 1240. The molecule has 1 aromatic heterocycles. The van der Waals surface area contributed by atoms with E-state index >= 15 is 0 Å². The van der Waals surface area contributed by atoms with E-state index < -0.39 is 5.91 Å². The summed E-state index contributed by atoms with van der Waals surface area (Å²) in [6.45, 7) is 6.12. The standard InChI is InChI=1S/C25H28ClN5O2S/c1-5-6-7-8-9-22-29-31-23(27)19(24(32)28-25(31)34-22)13-17-12-15(2)30(16(17)3)20-14-18(26)10-11-21(20)33-4/h10-14,27H,5-9H2,1-4H3/b19-13-,27-23?. The Hall–Kier alpha value is -2.84. The molecule has 7 nitrogen and oxygen atoms in total. The summed E-state index contributed by atoms with van der Waals surface area (Å²) in [6, 6.07) is 7.43. The van der Waals surface area contributed by atoms with Crippen LogP contribution in [0.2, 0.25) is 5.02 Å². The third kappa shape index (κ3) is 4.70. The maximum atomic E-state index is 12.8. The first kappa shape index (κ1) is 24.3. The molecule has 4 rings (SSSR count). The number of hydrogen-bond acceptors (Lipinski definition) is 5. The maximum Gasteiger partial charge on any atom is 0.283 e. The number of aryl methyl sites for hydroxylation is 1. The first-order valence-electron chi connectivity index (χ1n) is 11.4. The monoisotopic (exact) mass is 497 g/mol. The fourth-order valence-corrected chi connectivity index (χ4v) is 5.23. The number of carbonyl (C=O) groups excluding carboxylic acids is 1. The van der Waals surface area contributed by atoms with E-state index in [1.807, 2.05) is 36.6 Å². The fourth-order valence-electron chi connectivity index (χ4n) is 4.13. The van der Waals surface area contributed by atoms with Gasteiger partial charge >= 0.3 is 0 Å². The molecule has 0 radical (unpaired) electrons. The van der Waals surface area contributed by atoms with Gasteiger partial charge in [0.05, 0.1) is 18.4 Å². The Morgan fingerprint density at radius 3 is 2.74 bits per heavy atom. The molecular formula is C25H28ClN5O2S. The van der Waals surface area contributed by atoms with Gasteiger partial charge in [0.2, 0.25) is 5.17 Å². The van der Waals surface area contributed by atoms with E-state index in [9.17, 15) is 4.79 Å². The second kappa shape index (κ2) is 10.2. The Labute approximate surface area is 209 Å². The average molecular weight is 498 g/mol. The summed E-state index contributed by atoms with van der Waals surface area (Å²) in [5, 5.41) is 16.7. The molecule has 0 fully saturated rings. The molecule has 0 aliphatic carbocycles. The smallest absolute Gasteiger partial charge is 0.283 e. The molecule has 1 amide bonds. The van der Waals surface area contributed by atoms with Gasteiger partial charge in [-0.25, -0.2) is 0 Å². The lowest BCUT2D eigenvalue weighted by molar-refractivity contribution is -0.114. The van der Waals surface area contributed by atoms with Crippen molar-refractivity contribution in [1.82, 2.24) is 9.58 Å². The van der Waals surface area contributed by atoms with Crippen molar-refractivity contribution in [3.63, 3.8) is 0 Å². The van der Waals surface area contributed by atoms with E-state index in [0.717, 1.165) is 46.9 Å². The van der Waals surface area contributed by atoms with Gasteiger partial charge in [-0.3, -0.25) is 10.2 Å². The van der Waals surface area contributed by atoms with Gasteiger partial charge in [0, 0.05) is 16.4 Å². The average Bonchev–Trinajstić information content (AvgIpc) is 3.33. The number of amidine groups is 2. The van der Waals surface area contributed by atoms with E-state index in [-0.39, 0.29) is 11.4 Å². The number of benzene rings is 1. The molecule has 3 heterocycles. The van der Waals surface area contributed by atoms with Crippen molar-refractivity contribution in [2.75, 3.05) is 7.11 Å². The number of nitrogens with zero attached hydrogens (tertiary/aromatic N) is 4. The van der Waals surface area contributed by atoms with Crippen LogP contribution in [0.4, 0.5) is 0 Å². The Morgan fingerprint density at radius 2 is 2.00 bits per heavy atom. The van der Waals surface area contributed by atoms with Gasteiger partial charge in [-0.05, 0) is 74.4 Å². The quantitative estimate of drug-likeness (QED) is 0.340. The summed E-state index contributed by atoms with van der Waals surface area (Å²) >= 11 is 7.64. The molecule has 0 spiro atoms. The zero-order valence-corrected chi connectivity index (χ0v) is 21.4. The van der Waals surface area contributed by atoms with Gasteiger partial charge < -0.3 is 9.30 Å². The summed E-state index contributed by atoms with van der Waals surface area (Å²) in [4.78, 5) is 17.1. The number of ether oxygens (including phenoxy) is 1. The van der Waals surface area contributed by atoms with Crippen molar-refractivity contribution >= 4 is 51.4 Å². The topological polar surface area (TPSA) is 83.0 Å². The number of thioether (sulfide) groups is 1. The van der Waals surface area contributed by atoms with Crippen LogP contribution in [0.25, 0.3) is 11.8 Å². The van der Waals surface area contributed by atoms with Crippen LogP contribution in [0, 0.1) is 19.3 Å². The van der Waals surface area contributed by atoms with Gasteiger partial charge in [0.15, 0.2) is 5.84 Å². The number of aliphatic imine (C=N–C) groups is 1. The van der Waals surface area contributed by atoms with Crippen LogP contribution < -0.4 is 4.74 Å². The zero-order chi connectivity index (χ0) is 24.4. The minimum absolute atomic E-state index is 0.0520. The number of unbranched alkanes of at least 4 members (excludes halogenated alkanes) is 3. The number of fused-ring (bicyclic) bond motifs is 1. The fraction of sp³-hybridized carbons (Fsp3) is 0.360. The number of amides is 1. The molecule has 0 atom stereocenters. The number of halogens is 1. The molecule has 2 aliphatic heterocycles. The van der Waals surface area contributed by atoms with Crippen LogP contribution in [0.15, 0.2) is 39.9 Å². The summed E-state index contributed by atoms with van der Waals surface area (Å²) in [5.41, 5.74) is 3.71. The highest BCUT2D eigenvalue weighted by Crippen LogP contribution is 2.33. The number of aromatic nitrogens is 1. The largest absolute Gasteiger partial charge is 0.495 e. The Morgan fingerprint density at radius 1 is 1.21 bits per heavy atom. The van der Waals surface area contributed by atoms with Gasteiger partial charge in [0.1, 0.15) is 10.8 Å². The highest BCUT2D eigenvalue weighted by Gasteiger charge is 2.35. The summed E-state index contributed by atoms with van der Waals surface area (Å²) < 4.78 is 7.56. The zero-order valence-electron chi connectivity index (χ0n) is 19.8. The van der Waals surface area contributed by atoms with Gasteiger partial charge in [-0.15, -0.1) is 0 Å². The van der Waals surface area contributed by atoms with Crippen molar-refractivity contribution in [2.24, 2.45) is 10.1 Å². The highest BCUT2D eigenvalue weighted by atomic mass is 35.5. The second-order valence-electron chi connectivity index (χ2n) is 8.30. The third-order valence-electron chi connectivity index (χ3n) is 5.89. The van der Waals surface area contributed by atoms with E-state index in [0.29, 0.717) is 15.9 Å². The van der Waals surface area contributed by atoms with Crippen molar-refractivity contribution in [3.05, 3.63) is 51.8 Å². The van der Waals surface area contributed by atoms with Crippen molar-refractivity contribution in [2.45, 2.75) is 52.9 Å². The number of methoxy groups -OCH3 is 1. The number of hydrazone groups is 1. The normalized spacial score (nSPS) is 16.7. The summed E-state index contributed by atoms with van der Waals surface area (Å²) in [5.74, 6) is 0.323. The van der Waals surface area contributed by atoms with Crippen LogP contribution in [0.1, 0.15) is 56.0 Å². The first-order valence-corrected chi connectivity index (χ1v) is 12.6. The molecule has 1 aromatic carbocycles. The van der Waals surface area contributed by atoms with Gasteiger partial charge in [-0.1, -0.05) is 37.8 Å². The highest BCUT2D eigenvalue weighted by molar-refractivity contribution is 8.26. The number of nitrogens with one attached hydrogen (secondary N) is 1. The predicted molar refractivity (Wildman–Crippen MR) is 141 cm³/mol. The van der Waals surface area contributed by atoms with Crippen molar-refractivity contribution < 1.29 is 9.53 Å². The molecular weight excluding hydrogens is 470 g/mol. The molecule has 2 aromatic rings. The van der Waals surface area contributed by atoms with E-state index in [1.165, 1.54) is 29.6 Å². The van der Waals surface area contributed by atoms with Crippen LogP contribution in [0.5, 0.6) is 5.75 Å². The van der Waals surface area contributed by atoms with Crippen LogP contribution in [-0.4, -0.2) is 38.6 Å². The number of hydrogen-bond donors (Lipinski definition) is 1. The first-order chi connectivity index (χ1) is 16.3. The van der Waals surface area contributed by atoms with E-state index in [1.54, 1.807) is 19.3 Å². The second-order valence-corrected chi connectivity index (χ2v) is 9.78. The van der Waals surface area contributed by atoms with Crippen LogP contribution in [0.3, 0.4) is 0 Å². The lowest BCUT2D eigenvalue weighted by atomic mass is 10.1. The molecule has 34 heavy (non-hydrogen) atoms. The molecule has 9 heteroatoms. The summed E-state index contributed by atoms with van der Waals surface area (Å²) in [6.07, 6.45) is 7.13. The maximum absolute atomic E-state index is 12.8. The molecule has 0 bridgehead atoms. The molecule has 2 aliphatic rings. The number of carbonyl (C=O) groups is 1. The minimum Gasteiger partial charge on any atom is -0.495 e. The lowest BCUT2D eigenvalue weighted by Gasteiger charge is -2.20. The molecule has 0 unspecified atom stereocenters. The van der Waals surface area contributed by atoms with Gasteiger partial charge in [0.25, 0.3) is 5.91 Å². The number of rotatable bonds is 8. The van der Waals surface area contributed by atoms with E-state index in [4.69, 9.17) is 21.7 Å². The minimum atomic E-state index is -0.420. The summed E-state index contributed by atoms with van der Waals surface area (Å²) in [7, 11) is 1.62. The van der Waals surface area contributed by atoms with Crippen LogP contribution >= 0.6 is 23.4 Å². The molecule has 0 saturated carbocycles. The molecule has 0 saturated heterocycles. The predicted octanol–water partition coefficient (Wildman–Crippen LogP) is 6.35. The Kier molecular flexibility index (Phi) is 7.28. The van der Waals surface area contributed by atoms with Crippen molar-refractivity contribution in [3.8, 4) is 11.4 Å². The SMILES string of the molecule is CCCCCCC1=NN2C(=N)/C(=C/c3cc(C)n(-c4cc(Cl)ccc4OC)c3C)C(=O)N=C2S1. The Balaban J connectivity index is 1.64. The van der Waals surface area contributed by atoms with Gasteiger partial charge in [-0.2, -0.15) is 15.1 Å². The molecule has 1 N–H and O–H groups in total. The lowest BCUT2D eigenvalue weighted by Crippen LogP contribution is -2.35.